The Balaban J connectivity index is 1.95. The number of nitrogens with two attached hydrogens (primary N) is 1. The van der Waals surface area contributed by atoms with Gasteiger partial charge in [-0.05, 0) is 31.2 Å². The number of fused-ring (bicyclic) bond motifs is 1. The topological polar surface area (TPSA) is 103 Å². The largest absolute Gasteiger partial charge is 0.476 e. The number of aromatic nitrogens is 3. The van der Waals surface area contributed by atoms with E-state index in [9.17, 15) is 4.79 Å². The summed E-state index contributed by atoms with van der Waals surface area (Å²) in [4.78, 5) is 24.7. The van der Waals surface area contributed by atoms with Gasteiger partial charge in [-0.2, -0.15) is 4.98 Å². The van der Waals surface area contributed by atoms with Crippen LogP contribution in [0.3, 0.4) is 0 Å². The van der Waals surface area contributed by atoms with Crippen LogP contribution >= 0.6 is 0 Å². The van der Waals surface area contributed by atoms with Crippen LogP contribution in [0.25, 0.3) is 11.0 Å². The molecule has 3 aromatic rings. The number of carbonyl (C=O) groups excluding carboxylic acids is 1. The van der Waals surface area contributed by atoms with E-state index in [1.165, 1.54) is 0 Å². The number of nitrogens with one attached hydrogen (secondary N) is 1. The van der Waals surface area contributed by atoms with Crippen LogP contribution in [-0.2, 0) is 0 Å². The van der Waals surface area contributed by atoms with Crippen molar-refractivity contribution in [3.05, 3.63) is 48.0 Å². The van der Waals surface area contributed by atoms with Crippen LogP contribution in [0.15, 0.2) is 42.5 Å². The predicted octanol–water partition coefficient (Wildman–Crippen LogP) is 2.26. The van der Waals surface area contributed by atoms with E-state index in [1.54, 1.807) is 36.4 Å². The van der Waals surface area contributed by atoms with Gasteiger partial charge >= 0.3 is 0 Å². The van der Waals surface area contributed by atoms with Crippen molar-refractivity contribution in [2.45, 2.75) is 6.92 Å². The third kappa shape index (κ3) is 3.18. The molecular weight excluding hydrogens is 294 g/mol. The third-order valence-corrected chi connectivity index (χ3v) is 3.09. The quantitative estimate of drug-likeness (QED) is 0.766. The molecule has 0 aliphatic carbocycles. The molecule has 1 amide bonds. The summed E-state index contributed by atoms with van der Waals surface area (Å²) in [6.07, 6.45) is 0. The predicted molar refractivity (Wildman–Crippen MR) is 87.3 cm³/mol. The highest BCUT2D eigenvalue weighted by Gasteiger charge is 2.12. The molecule has 0 aliphatic heterocycles. The molecule has 0 radical (unpaired) electrons. The Morgan fingerprint density at radius 3 is 2.65 bits per heavy atom. The van der Waals surface area contributed by atoms with E-state index in [4.69, 9.17) is 10.5 Å². The number of hydrogen-bond acceptors (Lipinski definition) is 6. The summed E-state index contributed by atoms with van der Waals surface area (Å²) in [7, 11) is 0. The summed E-state index contributed by atoms with van der Waals surface area (Å²) < 4.78 is 5.44. The highest BCUT2D eigenvalue weighted by Crippen LogP contribution is 2.23. The SMILES string of the molecule is CCOc1nc(N)nc2ccc(NC(=O)c3ccccc3)nc12. The van der Waals surface area contributed by atoms with Crippen molar-refractivity contribution in [3.8, 4) is 5.88 Å². The number of carbonyl (C=O) groups is 1. The number of nitrogens with zero attached hydrogens (tertiary/aromatic N) is 3. The molecule has 3 N–H and O–H groups in total. The van der Waals surface area contributed by atoms with Crippen LogP contribution in [0.4, 0.5) is 11.8 Å². The number of benzene rings is 1. The van der Waals surface area contributed by atoms with Crippen molar-refractivity contribution < 1.29 is 9.53 Å². The lowest BCUT2D eigenvalue weighted by atomic mass is 10.2. The van der Waals surface area contributed by atoms with E-state index in [0.717, 1.165) is 0 Å². The van der Waals surface area contributed by atoms with Gasteiger partial charge in [-0.1, -0.05) is 18.2 Å². The molecule has 2 heterocycles. The Morgan fingerprint density at radius 2 is 1.91 bits per heavy atom. The van der Waals surface area contributed by atoms with Crippen LogP contribution in [-0.4, -0.2) is 27.5 Å². The lowest BCUT2D eigenvalue weighted by Gasteiger charge is -2.09. The molecule has 0 spiro atoms. The number of rotatable bonds is 4. The molecule has 0 saturated heterocycles. The zero-order valence-electron chi connectivity index (χ0n) is 12.5. The van der Waals surface area contributed by atoms with Gasteiger partial charge < -0.3 is 15.8 Å². The standard InChI is InChI=1S/C16H15N5O2/c1-2-23-15-13-11(18-16(17)21-15)8-9-12(19-13)20-14(22)10-6-4-3-5-7-10/h3-9H,2H2,1H3,(H2,17,18,21)(H,19,20,22). The van der Waals surface area contributed by atoms with Crippen LogP contribution in [0.1, 0.15) is 17.3 Å². The highest BCUT2D eigenvalue weighted by atomic mass is 16.5. The normalized spacial score (nSPS) is 10.5. The van der Waals surface area contributed by atoms with E-state index in [2.05, 4.69) is 20.3 Å². The van der Waals surface area contributed by atoms with E-state index >= 15 is 0 Å². The molecule has 0 atom stereocenters. The minimum absolute atomic E-state index is 0.115. The fourth-order valence-electron chi connectivity index (χ4n) is 2.09. The summed E-state index contributed by atoms with van der Waals surface area (Å²) in [6.45, 7) is 2.26. The van der Waals surface area contributed by atoms with Gasteiger partial charge in [-0.3, -0.25) is 4.79 Å². The van der Waals surface area contributed by atoms with E-state index in [-0.39, 0.29) is 11.9 Å². The fraction of sp³-hybridized carbons (Fsp3) is 0.125. The van der Waals surface area contributed by atoms with Crippen molar-refractivity contribution in [2.75, 3.05) is 17.7 Å². The Bertz CT molecular complexity index is 852. The first-order chi connectivity index (χ1) is 11.2. The van der Waals surface area contributed by atoms with Gasteiger partial charge in [0.05, 0.1) is 12.1 Å². The van der Waals surface area contributed by atoms with Crippen molar-refractivity contribution in [3.63, 3.8) is 0 Å². The number of anilines is 2. The molecule has 0 unspecified atom stereocenters. The average Bonchev–Trinajstić information content (AvgIpc) is 2.56. The maximum Gasteiger partial charge on any atom is 0.256 e. The molecule has 7 nitrogen and oxygen atoms in total. The monoisotopic (exact) mass is 309 g/mol. The van der Waals surface area contributed by atoms with E-state index in [1.807, 2.05) is 13.0 Å². The summed E-state index contributed by atoms with van der Waals surface area (Å²) in [5.41, 5.74) is 7.20. The van der Waals surface area contributed by atoms with Gasteiger partial charge in [-0.25, -0.2) is 9.97 Å². The van der Waals surface area contributed by atoms with Crippen LogP contribution in [0.2, 0.25) is 0 Å². The average molecular weight is 309 g/mol. The number of nitrogen functional groups attached to an aromatic ring is 1. The van der Waals surface area contributed by atoms with Gasteiger partial charge in [0.25, 0.3) is 5.91 Å². The Labute approximate surface area is 132 Å². The summed E-state index contributed by atoms with van der Waals surface area (Å²) in [5.74, 6) is 0.557. The molecule has 7 heteroatoms. The minimum atomic E-state index is -0.244. The van der Waals surface area contributed by atoms with Crippen molar-refractivity contribution in [1.82, 2.24) is 15.0 Å². The fourth-order valence-corrected chi connectivity index (χ4v) is 2.09. The molecule has 0 bridgehead atoms. The maximum absolute atomic E-state index is 12.2. The maximum atomic E-state index is 12.2. The molecule has 2 aromatic heterocycles. The Kier molecular flexibility index (Phi) is 4.01. The van der Waals surface area contributed by atoms with Crippen molar-refractivity contribution in [1.29, 1.82) is 0 Å². The lowest BCUT2D eigenvalue weighted by Crippen LogP contribution is -2.13. The second-order valence-corrected chi connectivity index (χ2v) is 4.70. The van der Waals surface area contributed by atoms with Crippen LogP contribution < -0.4 is 15.8 Å². The molecule has 1 aromatic carbocycles. The number of hydrogen-bond donors (Lipinski definition) is 2. The summed E-state index contributed by atoms with van der Waals surface area (Å²) in [6, 6.07) is 12.3. The zero-order valence-corrected chi connectivity index (χ0v) is 12.5. The Morgan fingerprint density at radius 1 is 1.13 bits per heavy atom. The molecular formula is C16H15N5O2. The van der Waals surface area contributed by atoms with Crippen molar-refractivity contribution in [2.24, 2.45) is 0 Å². The molecule has 0 aliphatic rings. The zero-order chi connectivity index (χ0) is 16.2. The summed E-state index contributed by atoms with van der Waals surface area (Å²) >= 11 is 0. The number of ether oxygens (including phenoxy) is 1. The molecule has 3 rings (SSSR count). The Hall–Kier alpha value is -3.22. The van der Waals surface area contributed by atoms with E-state index in [0.29, 0.717) is 34.9 Å². The molecule has 0 saturated carbocycles. The highest BCUT2D eigenvalue weighted by molar-refractivity contribution is 6.04. The smallest absolute Gasteiger partial charge is 0.256 e. The number of pyridine rings is 1. The van der Waals surface area contributed by atoms with Crippen LogP contribution in [0, 0.1) is 0 Å². The van der Waals surface area contributed by atoms with Gasteiger partial charge in [0.15, 0.2) is 5.52 Å². The first kappa shape index (κ1) is 14.7. The van der Waals surface area contributed by atoms with E-state index < -0.39 is 0 Å². The first-order valence-electron chi connectivity index (χ1n) is 7.11. The molecule has 0 fully saturated rings. The van der Waals surface area contributed by atoms with Gasteiger partial charge in [-0.15, -0.1) is 0 Å². The first-order valence-corrected chi connectivity index (χ1v) is 7.11. The second-order valence-electron chi connectivity index (χ2n) is 4.70. The van der Waals surface area contributed by atoms with Crippen molar-refractivity contribution >= 4 is 28.7 Å². The summed E-state index contributed by atoms with van der Waals surface area (Å²) in [5, 5.41) is 2.74. The minimum Gasteiger partial charge on any atom is -0.476 e. The third-order valence-electron chi connectivity index (χ3n) is 3.09. The second kappa shape index (κ2) is 6.27. The van der Waals surface area contributed by atoms with Crippen LogP contribution in [0.5, 0.6) is 5.88 Å². The number of amides is 1. The van der Waals surface area contributed by atoms with Gasteiger partial charge in [0, 0.05) is 5.56 Å². The molecule has 116 valence electrons. The molecule has 23 heavy (non-hydrogen) atoms. The van der Waals surface area contributed by atoms with Gasteiger partial charge in [0.1, 0.15) is 5.82 Å². The van der Waals surface area contributed by atoms with Gasteiger partial charge in [0.2, 0.25) is 11.8 Å². The lowest BCUT2D eigenvalue weighted by molar-refractivity contribution is 0.102.